The van der Waals surface area contributed by atoms with Crippen LogP contribution in [0.4, 0.5) is 0 Å². The van der Waals surface area contributed by atoms with Crippen molar-refractivity contribution in [3.63, 3.8) is 0 Å². The molecule has 0 amide bonds. The van der Waals surface area contributed by atoms with Crippen molar-refractivity contribution in [1.82, 2.24) is 0 Å². The minimum Gasteiger partial charge on any atom is -0.459 e. The Balaban J connectivity index is 1.73. The number of carbonyl (C=O) groups is 3. The van der Waals surface area contributed by atoms with Crippen molar-refractivity contribution in [2.75, 3.05) is 0 Å². The zero-order chi connectivity index (χ0) is 27.1. The third-order valence-electron chi connectivity index (χ3n) is 6.30. The van der Waals surface area contributed by atoms with Crippen LogP contribution < -0.4 is 9.47 Å². The van der Waals surface area contributed by atoms with Crippen molar-refractivity contribution in [3.8, 4) is 11.5 Å². The molecule has 0 saturated carbocycles. The fourth-order valence-electron chi connectivity index (χ4n) is 4.29. The van der Waals surface area contributed by atoms with Gasteiger partial charge in [0.25, 0.3) is 0 Å². The molecule has 0 N–H and O–H groups in total. The monoisotopic (exact) mass is 554 g/mol. The molecule has 0 aromatic heterocycles. The quantitative estimate of drug-likeness (QED) is 0.241. The number of halogens is 2. The van der Waals surface area contributed by atoms with Crippen LogP contribution in [-0.4, -0.2) is 24.0 Å². The van der Waals surface area contributed by atoms with Crippen LogP contribution in [0.3, 0.4) is 0 Å². The van der Waals surface area contributed by atoms with Gasteiger partial charge >= 0.3 is 17.9 Å². The van der Waals surface area contributed by atoms with Crippen molar-refractivity contribution in [1.29, 1.82) is 0 Å². The van der Waals surface area contributed by atoms with E-state index in [1.54, 1.807) is 42.5 Å². The van der Waals surface area contributed by atoms with E-state index in [0.717, 1.165) is 38.5 Å². The molecular formula is C30H28Cl2O6. The number of hydrogen-bond acceptors (Lipinski definition) is 6. The summed E-state index contributed by atoms with van der Waals surface area (Å²) in [5.74, 6) is -1.76. The molecule has 3 aromatic rings. The summed E-state index contributed by atoms with van der Waals surface area (Å²) in [6, 6.07) is 15.5. The van der Waals surface area contributed by atoms with E-state index < -0.39 is 17.9 Å². The maximum atomic E-state index is 13.4. The summed E-state index contributed by atoms with van der Waals surface area (Å²) in [7, 11) is 0. The Labute approximate surface area is 231 Å². The molecule has 38 heavy (non-hydrogen) atoms. The lowest BCUT2D eigenvalue weighted by atomic mass is 9.98. The van der Waals surface area contributed by atoms with Crippen LogP contribution in [0.2, 0.25) is 10.0 Å². The van der Waals surface area contributed by atoms with Gasteiger partial charge in [0.15, 0.2) is 0 Å². The summed E-state index contributed by atoms with van der Waals surface area (Å²) in [6.07, 6.45) is 5.88. The van der Waals surface area contributed by atoms with Gasteiger partial charge in [-0.2, -0.15) is 0 Å². The second-order valence-corrected chi connectivity index (χ2v) is 10.1. The van der Waals surface area contributed by atoms with Crippen LogP contribution in [-0.2, 0) is 11.2 Å². The molecule has 0 unspecified atom stereocenters. The number of esters is 3. The number of rotatable bonds is 4. The van der Waals surface area contributed by atoms with Crippen LogP contribution in [0.5, 0.6) is 11.5 Å². The largest absolute Gasteiger partial charge is 0.459 e. The van der Waals surface area contributed by atoms with E-state index in [-0.39, 0.29) is 28.7 Å². The highest BCUT2D eigenvalue weighted by Crippen LogP contribution is 2.33. The standard InChI is InChI=1S/C30H28Cl2O6/c1-19-7-5-3-2-4-6-8-22-17-25(37-28(33)20-9-13-23(31)14-10-20)18-26(27(22)30(35)36-19)38-29(34)21-11-15-24(32)16-12-21/h9-19H,2-8H2,1H3/t19-/m1/s1. The third kappa shape index (κ3) is 7.36. The molecule has 0 radical (unpaired) electrons. The van der Waals surface area contributed by atoms with Gasteiger partial charge in [0.2, 0.25) is 0 Å². The van der Waals surface area contributed by atoms with Gasteiger partial charge < -0.3 is 14.2 Å². The molecule has 0 aliphatic carbocycles. The van der Waals surface area contributed by atoms with Gasteiger partial charge in [-0.3, -0.25) is 0 Å². The Kier molecular flexibility index (Phi) is 9.43. The van der Waals surface area contributed by atoms with Crippen molar-refractivity contribution in [3.05, 3.63) is 93.0 Å². The highest BCUT2D eigenvalue weighted by atomic mass is 35.5. The summed E-state index contributed by atoms with van der Waals surface area (Å²) in [6.45, 7) is 1.85. The lowest BCUT2D eigenvalue weighted by Gasteiger charge is -2.19. The normalized spacial score (nSPS) is 16.3. The van der Waals surface area contributed by atoms with E-state index in [9.17, 15) is 14.4 Å². The van der Waals surface area contributed by atoms with Crippen LogP contribution in [0.15, 0.2) is 60.7 Å². The summed E-state index contributed by atoms with van der Waals surface area (Å²) < 4.78 is 17.1. The zero-order valence-corrected chi connectivity index (χ0v) is 22.5. The van der Waals surface area contributed by atoms with Crippen LogP contribution in [0, 0.1) is 0 Å². The van der Waals surface area contributed by atoms with Crippen LogP contribution in [0.25, 0.3) is 0 Å². The van der Waals surface area contributed by atoms with E-state index in [1.165, 1.54) is 18.2 Å². The van der Waals surface area contributed by atoms with Gasteiger partial charge in [-0.1, -0.05) is 42.5 Å². The summed E-state index contributed by atoms with van der Waals surface area (Å²) in [4.78, 5) is 39.2. The summed E-state index contributed by atoms with van der Waals surface area (Å²) in [5, 5.41) is 0.963. The molecular weight excluding hydrogens is 527 g/mol. The maximum Gasteiger partial charge on any atom is 0.343 e. The minimum atomic E-state index is -0.683. The maximum absolute atomic E-state index is 13.4. The fourth-order valence-corrected chi connectivity index (χ4v) is 4.54. The molecule has 1 atom stereocenters. The van der Waals surface area contributed by atoms with E-state index in [2.05, 4.69) is 0 Å². The molecule has 1 aliphatic rings. The Hall–Kier alpha value is -3.35. The smallest absolute Gasteiger partial charge is 0.343 e. The molecule has 4 rings (SSSR count). The number of fused-ring (bicyclic) bond motifs is 1. The predicted molar refractivity (Wildman–Crippen MR) is 146 cm³/mol. The fraction of sp³-hybridized carbons (Fsp3) is 0.300. The predicted octanol–water partition coefficient (Wildman–Crippen LogP) is 7.87. The first-order valence-electron chi connectivity index (χ1n) is 12.6. The molecule has 1 heterocycles. The second-order valence-electron chi connectivity index (χ2n) is 9.27. The van der Waals surface area contributed by atoms with Crippen molar-refractivity contribution >= 4 is 41.1 Å². The molecule has 0 bridgehead atoms. The van der Waals surface area contributed by atoms with Crippen molar-refractivity contribution < 1.29 is 28.6 Å². The number of benzene rings is 3. The van der Waals surface area contributed by atoms with Crippen LogP contribution >= 0.6 is 23.2 Å². The van der Waals surface area contributed by atoms with Gasteiger partial charge in [0, 0.05) is 16.1 Å². The highest BCUT2D eigenvalue weighted by molar-refractivity contribution is 6.31. The molecule has 0 spiro atoms. The average molecular weight is 555 g/mol. The van der Waals surface area contributed by atoms with E-state index in [4.69, 9.17) is 37.4 Å². The van der Waals surface area contributed by atoms with E-state index in [1.807, 2.05) is 6.92 Å². The van der Waals surface area contributed by atoms with E-state index >= 15 is 0 Å². The number of aryl methyl sites for hydroxylation is 1. The first-order valence-corrected chi connectivity index (χ1v) is 13.4. The Bertz CT molecular complexity index is 1300. The van der Waals surface area contributed by atoms with Crippen molar-refractivity contribution in [2.45, 2.75) is 58.0 Å². The molecule has 0 saturated heterocycles. The van der Waals surface area contributed by atoms with Crippen molar-refractivity contribution in [2.24, 2.45) is 0 Å². The summed E-state index contributed by atoms with van der Waals surface area (Å²) in [5.41, 5.74) is 1.30. The molecule has 1 aliphatic heterocycles. The minimum absolute atomic E-state index is 0.0318. The number of hydrogen-bond donors (Lipinski definition) is 0. The SMILES string of the molecule is C[C@@H]1CCCCCCCc2cc(OC(=O)c3ccc(Cl)cc3)cc(OC(=O)c3ccc(Cl)cc3)c2C(=O)O1. The van der Waals surface area contributed by atoms with E-state index in [0.29, 0.717) is 27.6 Å². The van der Waals surface area contributed by atoms with Gasteiger partial charge in [-0.25, -0.2) is 14.4 Å². The number of ether oxygens (including phenoxy) is 3. The molecule has 3 aromatic carbocycles. The summed E-state index contributed by atoms with van der Waals surface area (Å²) >= 11 is 11.9. The second kappa shape index (κ2) is 12.9. The van der Waals surface area contributed by atoms with Crippen LogP contribution in [0.1, 0.15) is 82.1 Å². The average Bonchev–Trinajstić information content (AvgIpc) is 2.88. The first kappa shape index (κ1) is 27.7. The third-order valence-corrected chi connectivity index (χ3v) is 6.80. The number of carbonyl (C=O) groups excluding carboxylic acids is 3. The van der Waals surface area contributed by atoms with Gasteiger partial charge in [-0.05, 0) is 92.8 Å². The highest BCUT2D eigenvalue weighted by Gasteiger charge is 2.26. The Morgan fingerprint density at radius 1 is 0.789 bits per heavy atom. The molecule has 198 valence electrons. The van der Waals surface area contributed by atoms with Gasteiger partial charge in [-0.15, -0.1) is 0 Å². The lowest BCUT2D eigenvalue weighted by molar-refractivity contribution is 0.0313. The Morgan fingerprint density at radius 2 is 1.34 bits per heavy atom. The number of cyclic esters (lactones) is 1. The topological polar surface area (TPSA) is 78.9 Å². The first-order chi connectivity index (χ1) is 18.3. The molecule has 0 fully saturated rings. The van der Waals surface area contributed by atoms with Gasteiger partial charge in [0.1, 0.15) is 17.1 Å². The molecule has 8 heteroatoms. The molecule has 6 nitrogen and oxygen atoms in total. The lowest BCUT2D eigenvalue weighted by Crippen LogP contribution is -2.20. The zero-order valence-electron chi connectivity index (χ0n) is 21.0. The van der Waals surface area contributed by atoms with Gasteiger partial charge in [0.05, 0.1) is 17.2 Å². The Morgan fingerprint density at radius 3 is 1.97 bits per heavy atom.